The van der Waals surface area contributed by atoms with Crippen molar-refractivity contribution in [1.82, 2.24) is 4.98 Å². The van der Waals surface area contributed by atoms with E-state index in [4.69, 9.17) is 34.8 Å². The molecule has 0 spiro atoms. The summed E-state index contributed by atoms with van der Waals surface area (Å²) in [4.78, 5) is 13.7. The van der Waals surface area contributed by atoms with Crippen molar-refractivity contribution in [3.05, 3.63) is 21.3 Å². The molecule has 8 heteroatoms. The van der Waals surface area contributed by atoms with Crippen molar-refractivity contribution < 1.29 is 66.0 Å². The fourth-order valence-electron chi connectivity index (χ4n) is 0.657. The molecule has 0 N–H and O–H groups in total. The van der Waals surface area contributed by atoms with Crippen LogP contribution in [0.5, 0.6) is 5.88 Å². The number of nitrogens with zero attached hydrogens (tertiary/aromatic N) is 1. The molecule has 0 fully saturated rings. The van der Waals surface area contributed by atoms with E-state index < -0.39 is 12.6 Å². The Morgan fingerprint density at radius 3 is 2.53 bits per heavy atom. The number of rotatable bonds is 3. The number of carbonyl (C=O) groups is 1. The summed E-state index contributed by atoms with van der Waals surface area (Å²) in [5.74, 6) is -1.47. The number of carboxylic acid groups (broad SMARTS) is 1. The van der Waals surface area contributed by atoms with E-state index >= 15 is 0 Å². The standard InChI is InChI=1S/C7H4Cl3NO3.K/c8-3-1-4(9)7(11-6(3)10)14-2-5(12)13;/h1H,2H2,(H,12,13);/q;+1/p-1. The Balaban J connectivity index is 0.00000196. The normalized spacial score (nSPS) is 9.27. The number of aliphatic carboxylic acids is 1. The zero-order chi connectivity index (χ0) is 10.7. The van der Waals surface area contributed by atoms with Crippen LogP contribution in [-0.4, -0.2) is 17.6 Å². The Morgan fingerprint density at radius 2 is 2.00 bits per heavy atom. The minimum absolute atomic E-state index is 0. The minimum atomic E-state index is -1.38. The van der Waals surface area contributed by atoms with E-state index in [2.05, 4.69) is 9.72 Å². The molecule has 0 aliphatic rings. The van der Waals surface area contributed by atoms with Crippen LogP contribution in [0.15, 0.2) is 6.07 Å². The number of pyridine rings is 1. The Labute approximate surface area is 143 Å². The first-order chi connectivity index (χ1) is 6.50. The number of ether oxygens (including phenoxy) is 1. The number of halogens is 3. The van der Waals surface area contributed by atoms with Gasteiger partial charge in [-0.15, -0.1) is 0 Å². The number of aromatic nitrogens is 1. The van der Waals surface area contributed by atoms with E-state index in [1.807, 2.05) is 0 Å². The third kappa shape index (κ3) is 5.19. The molecular formula is C7H3Cl3KNO3. The van der Waals surface area contributed by atoms with Gasteiger partial charge in [-0.25, -0.2) is 0 Å². The van der Waals surface area contributed by atoms with Gasteiger partial charge >= 0.3 is 51.4 Å². The third-order valence-electron chi connectivity index (χ3n) is 1.18. The predicted octanol–water partition coefficient (Wildman–Crippen LogP) is -1.83. The van der Waals surface area contributed by atoms with Crippen molar-refractivity contribution in [2.24, 2.45) is 0 Å². The van der Waals surface area contributed by atoms with Crippen LogP contribution in [-0.2, 0) is 4.79 Å². The Bertz CT molecular complexity index is 375. The topological polar surface area (TPSA) is 62.2 Å². The first-order valence-corrected chi connectivity index (χ1v) is 4.48. The number of carboxylic acids is 1. The summed E-state index contributed by atoms with van der Waals surface area (Å²) in [6.07, 6.45) is 0. The van der Waals surface area contributed by atoms with Crippen molar-refractivity contribution in [2.75, 3.05) is 6.61 Å². The number of carbonyl (C=O) groups excluding carboxylic acids is 1. The second kappa shape index (κ2) is 7.29. The van der Waals surface area contributed by atoms with Crippen LogP contribution in [0.25, 0.3) is 0 Å². The summed E-state index contributed by atoms with van der Waals surface area (Å²) in [6, 6.07) is 1.31. The van der Waals surface area contributed by atoms with Crippen LogP contribution in [0.2, 0.25) is 15.2 Å². The van der Waals surface area contributed by atoms with Gasteiger partial charge in [0, 0.05) is 0 Å². The van der Waals surface area contributed by atoms with Crippen molar-refractivity contribution in [3.63, 3.8) is 0 Å². The molecule has 15 heavy (non-hydrogen) atoms. The SMILES string of the molecule is O=C([O-])COc1nc(Cl)c(Cl)cc1Cl.[K+]. The zero-order valence-electron chi connectivity index (χ0n) is 7.59. The van der Waals surface area contributed by atoms with Crippen LogP contribution in [0.1, 0.15) is 0 Å². The minimum Gasteiger partial charge on any atom is -0.546 e. The van der Waals surface area contributed by atoms with Gasteiger partial charge < -0.3 is 14.6 Å². The van der Waals surface area contributed by atoms with Crippen LogP contribution >= 0.6 is 34.8 Å². The Morgan fingerprint density at radius 1 is 1.40 bits per heavy atom. The molecule has 0 saturated carbocycles. The monoisotopic (exact) mass is 293 g/mol. The van der Waals surface area contributed by atoms with Gasteiger partial charge in [0.15, 0.2) is 5.15 Å². The fourth-order valence-corrected chi connectivity index (χ4v) is 1.20. The fraction of sp³-hybridized carbons (Fsp3) is 0.143. The maximum absolute atomic E-state index is 10.1. The Hall–Kier alpha value is 0.926. The molecule has 0 atom stereocenters. The maximum atomic E-state index is 10.1. The third-order valence-corrected chi connectivity index (χ3v) is 2.13. The van der Waals surface area contributed by atoms with Gasteiger partial charge in [-0.3, -0.25) is 0 Å². The second-order valence-corrected chi connectivity index (χ2v) is 3.38. The van der Waals surface area contributed by atoms with E-state index in [0.717, 1.165) is 0 Å². The average molecular weight is 295 g/mol. The van der Waals surface area contributed by atoms with E-state index in [9.17, 15) is 9.90 Å². The molecule has 0 aliphatic heterocycles. The summed E-state index contributed by atoms with van der Waals surface area (Å²) in [6.45, 7) is -0.648. The molecule has 0 radical (unpaired) electrons. The average Bonchev–Trinajstić information content (AvgIpc) is 2.09. The summed E-state index contributed by atoms with van der Waals surface area (Å²) in [5.41, 5.74) is 0. The van der Waals surface area contributed by atoms with Gasteiger partial charge in [-0.05, 0) is 6.07 Å². The van der Waals surface area contributed by atoms with Gasteiger partial charge in [-0.1, -0.05) is 34.8 Å². The molecule has 1 heterocycles. The molecule has 0 aromatic carbocycles. The van der Waals surface area contributed by atoms with Crippen LogP contribution < -0.4 is 61.2 Å². The maximum Gasteiger partial charge on any atom is 1.00 e. The molecular weight excluding hydrogens is 292 g/mol. The van der Waals surface area contributed by atoms with E-state index in [1.54, 1.807) is 0 Å². The largest absolute Gasteiger partial charge is 1.00 e. The first-order valence-electron chi connectivity index (χ1n) is 3.35. The van der Waals surface area contributed by atoms with Gasteiger partial charge in [0.2, 0.25) is 5.88 Å². The van der Waals surface area contributed by atoms with Crippen molar-refractivity contribution in [3.8, 4) is 5.88 Å². The van der Waals surface area contributed by atoms with Crippen molar-refractivity contribution in [1.29, 1.82) is 0 Å². The van der Waals surface area contributed by atoms with Crippen LogP contribution in [0.3, 0.4) is 0 Å². The summed E-state index contributed by atoms with van der Waals surface area (Å²) in [5, 5.41) is 10.3. The van der Waals surface area contributed by atoms with Gasteiger partial charge in [0.1, 0.15) is 11.6 Å². The van der Waals surface area contributed by atoms with Crippen molar-refractivity contribution in [2.45, 2.75) is 0 Å². The molecule has 0 amide bonds. The first kappa shape index (κ1) is 15.9. The molecule has 1 rings (SSSR count). The molecule has 0 saturated heterocycles. The summed E-state index contributed by atoms with van der Waals surface area (Å²) >= 11 is 16.8. The Kier molecular flexibility index (Phi) is 7.74. The predicted molar refractivity (Wildman–Crippen MR) is 49.8 cm³/mol. The molecule has 76 valence electrons. The summed E-state index contributed by atoms with van der Waals surface area (Å²) < 4.78 is 4.69. The van der Waals surface area contributed by atoms with E-state index in [1.165, 1.54) is 6.07 Å². The quantitative estimate of drug-likeness (QED) is 0.486. The van der Waals surface area contributed by atoms with Gasteiger partial charge in [0.05, 0.1) is 11.0 Å². The molecule has 0 aliphatic carbocycles. The zero-order valence-corrected chi connectivity index (χ0v) is 13.0. The van der Waals surface area contributed by atoms with E-state index in [-0.39, 0.29) is 72.5 Å². The number of hydrogen-bond donors (Lipinski definition) is 0. The van der Waals surface area contributed by atoms with Gasteiger partial charge in [0.25, 0.3) is 0 Å². The molecule has 4 nitrogen and oxygen atoms in total. The molecule has 1 aromatic rings. The molecule has 1 aromatic heterocycles. The van der Waals surface area contributed by atoms with Crippen LogP contribution in [0, 0.1) is 0 Å². The van der Waals surface area contributed by atoms with Crippen LogP contribution in [0.4, 0.5) is 0 Å². The van der Waals surface area contributed by atoms with Crippen molar-refractivity contribution >= 4 is 40.8 Å². The number of hydrogen-bond acceptors (Lipinski definition) is 4. The van der Waals surface area contributed by atoms with Gasteiger partial charge in [-0.2, -0.15) is 4.98 Å². The van der Waals surface area contributed by atoms with E-state index in [0.29, 0.717) is 0 Å². The molecule has 0 bridgehead atoms. The molecule has 0 unspecified atom stereocenters. The smallest absolute Gasteiger partial charge is 0.546 e. The summed E-state index contributed by atoms with van der Waals surface area (Å²) in [7, 11) is 0. The second-order valence-electron chi connectivity index (χ2n) is 2.21.